The third-order valence-corrected chi connectivity index (χ3v) is 6.58. The molecule has 0 aliphatic carbocycles. The monoisotopic (exact) mass is 425 g/mol. The molecule has 166 valence electrons. The fraction of sp³-hybridized carbons (Fsp3) is 0.480. The number of nitrogens with one attached hydrogen (secondary N) is 1. The lowest BCUT2D eigenvalue weighted by molar-refractivity contribution is -0.117. The zero-order chi connectivity index (χ0) is 22.0. The fourth-order valence-electron chi connectivity index (χ4n) is 4.83. The number of hydrogen-bond acceptors (Lipinski definition) is 4. The Morgan fingerprint density at radius 3 is 2.32 bits per heavy atom. The molecule has 0 bridgehead atoms. The number of piperidine rings is 1. The van der Waals surface area contributed by atoms with Crippen molar-refractivity contribution < 1.29 is 14.3 Å². The lowest BCUT2D eigenvalue weighted by atomic mass is 9.82. The molecule has 6 heteroatoms. The number of aliphatic hydroxyl groups is 1. The van der Waals surface area contributed by atoms with Crippen molar-refractivity contribution in [1.82, 2.24) is 0 Å². The third-order valence-electron chi connectivity index (χ3n) is 6.58. The van der Waals surface area contributed by atoms with E-state index in [1.54, 1.807) is 12.1 Å². The molecule has 0 radical (unpaired) electrons. The van der Waals surface area contributed by atoms with E-state index in [2.05, 4.69) is 24.1 Å². The van der Waals surface area contributed by atoms with E-state index in [1.807, 2.05) is 29.2 Å². The molecule has 2 aromatic rings. The Labute approximate surface area is 183 Å². The number of halogens is 1. The van der Waals surface area contributed by atoms with Gasteiger partial charge in [-0.1, -0.05) is 13.8 Å². The molecule has 2 saturated heterocycles. The van der Waals surface area contributed by atoms with Gasteiger partial charge in [0.2, 0.25) is 5.91 Å². The normalized spacial score (nSPS) is 22.8. The summed E-state index contributed by atoms with van der Waals surface area (Å²) in [5.74, 6) is 0.302. The van der Waals surface area contributed by atoms with Crippen molar-refractivity contribution in [2.24, 2.45) is 11.8 Å². The van der Waals surface area contributed by atoms with Gasteiger partial charge in [-0.2, -0.15) is 0 Å². The Bertz CT molecular complexity index is 885. The van der Waals surface area contributed by atoms with Crippen LogP contribution in [0, 0.1) is 17.7 Å². The molecule has 4 rings (SSSR count). The van der Waals surface area contributed by atoms with Crippen LogP contribution >= 0.6 is 0 Å². The molecule has 0 spiro atoms. The van der Waals surface area contributed by atoms with Gasteiger partial charge in [-0.05, 0) is 67.3 Å². The fourth-order valence-corrected chi connectivity index (χ4v) is 4.83. The van der Waals surface area contributed by atoms with Crippen molar-refractivity contribution in [1.29, 1.82) is 0 Å². The Kier molecular flexibility index (Phi) is 6.46. The van der Waals surface area contributed by atoms with Crippen LogP contribution in [0.1, 0.15) is 33.1 Å². The van der Waals surface area contributed by atoms with Gasteiger partial charge < -0.3 is 20.2 Å². The highest BCUT2D eigenvalue weighted by Crippen LogP contribution is 2.31. The van der Waals surface area contributed by atoms with Crippen molar-refractivity contribution in [2.45, 2.75) is 45.3 Å². The Hall–Kier alpha value is -2.60. The van der Waals surface area contributed by atoms with Crippen LogP contribution in [0.5, 0.6) is 0 Å². The minimum atomic E-state index is -0.391. The van der Waals surface area contributed by atoms with E-state index in [0.29, 0.717) is 25.3 Å². The van der Waals surface area contributed by atoms with E-state index >= 15 is 0 Å². The maximum Gasteiger partial charge on any atom is 0.227 e. The highest BCUT2D eigenvalue weighted by Gasteiger charge is 2.35. The molecule has 2 aromatic carbocycles. The molecule has 1 amide bonds. The van der Waals surface area contributed by atoms with Crippen LogP contribution in [-0.2, 0) is 4.79 Å². The zero-order valence-corrected chi connectivity index (χ0v) is 18.3. The second-order valence-electron chi connectivity index (χ2n) is 9.05. The first-order valence-electron chi connectivity index (χ1n) is 11.3. The van der Waals surface area contributed by atoms with Crippen molar-refractivity contribution in [3.05, 3.63) is 54.3 Å². The van der Waals surface area contributed by atoms with Crippen molar-refractivity contribution in [3.63, 3.8) is 0 Å². The summed E-state index contributed by atoms with van der Waals surface area (Å²) in [5, 5.41) is 14.5. The second kappa shape index (κ2) is 9.27. The topological polar surface area (TPSA) is 55.8 Å². The van der Waals surface area contributed by atoms with Crippen LogP contribution in [0.2, 0.25) is 0 Å². The quantitative estimate of drug-likeness (QED) is 0.726. The summed E-state index contributed by atoms with van der Waals surface area (Å²) in [4.78, 5) is 16.1. The molecule has 0 unspecified atom stereocenters. The Morgan fingerprint density at radius 2 is 1.71 bits per heavy atom. The van der Waals surface area contributed by atoms with Gasteiger partial charge in [0.25, 0.3) is 0 Å². The van der Waals surface area contributed by atoms with Crippen LogP contribution in [0.4, 0.5) is 21.5 Å². The Balaban J connectivity index is 1.48. The van der Waals surface area contributed by atoms with Gasteiger partial charge in [0.15, 0.2) is 0 Å². The van der Waals surface area contributed by atoms with Gasteiger partial charge in [0, 0.05) is 55.1 Å². The number of carbonyl (C=O) groups excluding carboxylic acids is 1. The highest BCUT2D eigenvalue weighted by molar-refractivity contribution is 5.95. The predicted octanol–water partition coefficient (Wildman–Crippen LogP) is 4.28. The van der Waals surface area contributed by atoms with Gasteiger partial charge in [-0.3, -0.25) is 4.79 Å². The number of rotatable bonds is 6. The van der Waals surface area contributed by atoms with Gasteiger partial charge in [-0.15, -0.1) is 0 Å². The molecule has 2 fully saturated rings. The zero-order valence-electron chi connectivity index (χ0n) is 18.3. The number of carbonyl (C=O) groups is 1. The van der Waals surface area contributed by atoms with Crippen LogP contribution in [0.25, 0.3) is 0 Å². The van der Waals surface area contributed by atoms with Gasteiger partial charge >= 0.3 is 0 Å². The summed E-state index contributed by atoms with van der Waals surface area (Å²) in [6.45, 7) is 6.58. The smallest absolute Gasteiger partial charge is 0.227 e. The molecule has 0 saturated carbocycles. The number of hydrogen-bond donors (Lipinski definition) is 2. The van der Waals surface area contributed by atoms with E-state index < -0.39 is 6.10 Å². The summed E-state index contributed by atoms with van der Waals surface area (Å²) in [7, 11) is 0. The maximum absolute atomic E-state index is 13.3. The molecule has 0 aromatic heterocycles. The third kappa shape index (κ3) is 4.85. The first kappa shape index (κ1) is 21.6. The summed E-state index contributed by atoms with van der Waals surface area (Å²) in [6, 6.07) is 14.7. The SMILES string of the molecule is CC(C)[C@@H](Nc1ccc(N2CCCC2=O)cc1)[C@@H]1CN(c2ccc(F)cc2)CC[C@H]1O. The van der Waals surface area contributed by atoms with E-state index in [9.17, 15) is 14.3 Å². The number of benzene rings is 2. The lowest BCUT2D eigenvalue weighted by Gasteiger charge is -2.43. The van der Waals surface area contributed by atoms with Crippen molar-refractivity contribution in [2.75, 3.05) is 34.8 Å². The lowest BCUT2D eigenvalue weighted by Crippen LogP contribution is -2.51. The van der Waals surface area contributed by atoms with E-state index in [1.165, 1.54) is 12.1 Å². The summed E-state index contributed by atoms with van der Waals surface area (Å²) >= 11 is 0. The van der Waals surface area contributed by atoms with Crippen LogP contribution in [0.3, 0.4) is 0 Å². The summed E-state index contributed by atoms with van der Waals surface area (Å²) in [5.41, 5.74) is 2.91. The first-order valence-corrected chi connectivity index (χ1v) is 11.3. The molecule has 2 N–H and O–H groups in total. The van der Waals surface area contributed by atoms with Gasteiger partial charge in [-0.25, -0.2) is 4.39 Å². The molecular weight excluding hydrogens is 393 g/mol. The van der Waals surface area contributed by atoms with Crippen molar-refractivity contribution >= 4 is 23.0 Å². The number of aliphatic hydroxyl groups excluding tert-OH is 1. The number of nitrogens with zero attached hydrogens (tertiary/aromatic N) is 2. The predicted molar refractivity (Wildman–Crippen MR) is 123 cm³/mol. The minimum absolute atomic E-state index is 0.0404. The molecule has 31 heavy (non-hydrogen) atoms. The van der Waals surface area contributed by atoms with Gasteiger partial charge in [0.1, 0.15) is 5.82 Å². The summed E-state index contributed by atoms with van der Waals surface area (Å²) in [6.07, 6.45) is 1.83. The first-order chi connectivity index (χ1) is 14.9. The van der Waals surface area contributed by atoms with Crippen LogP contribution in [-0.4, -0.2) is 42.8 Å². The average molecular weight is 426 g/mol. The highest BCUT2D eigenvalue weighted by atomic mass is 19.1. The van der Waals surface area contributed by atoms with Crippen LogP contribution in [0.15, 0.2) is 48.5 Å². The average Bonchev–Trinajstić information content (AvgIpc) is 3.19. The van der Waals surface area contributed by atoms with E-state index in [0.717, 1.165) is 36.6 Å². The van der Waals surface area contributed by atoms with Crippen LogP contribution < -0.4 is 15.1 Å². The molecular formula is C25H32FN3O2. The summed E-state index contributed by atoms with van der Waals surface area (Å²) < 4.78 is 13.3. The molecule has 2 heterocycles. The molecule has 5 nitrogen and oxygen atoms in total. The maximum atomic E-state index is 13.3. The van der Waals surface area contributed by atoms with E-state index in [-0.39, 0.29) is 23.7 Å². The van der Waals surface area contributed by atoms with Crippen molar-refractivity contribution in [3.8, 4) is 0 Å². The Morgan fingerprint density at radius 1 is 1.03 bits per heavy atom. The number of anilines is 3. The van der Waals surface area contributed by atoms with Gasteiger partial charge in [0.05, 0.1) is 6.10 Å². The minimum Gasteiger partial charge on any atom is -0.393 e. The van der Waals surface area contributed by atoms with E-state index in [4.69, 9.17) is 0 Å². The second-order valence-corrected chi connectivity index (χ2v) is 9.05. The standard InChI is InChI=1S/C25H32FN3O2/c1-17(2)25(27-19-7-11-21(12-8-19)29-14-3-4-24(29)31)22-16-28(15-13-23(22)30)20-9-5-18(26)6-10-20/h5-12,17,22-23,25,27,30H,3-4,13-16H2,1-2H3/t22-,23-,25-/m1/s1. The molecule has 2 aliphatic heterocycles. The molecule has 2 aliphatic rings. The molecule has 3 atom stereocenters. The number of amides is 1. The largest absolute Gasteiger partial charge is 0.393 e.